The molecule has 6 heteroatoms. The van der Waals surface area contributed by atoms with Gasteiger partial charge in [-0.15, -0.1) is 0 Å². The first-order chi connectivity index (χ1) is 8.54. The Bertz CT molecular complexity index is 437. The summed E-state index contributed by atoms with van der Waals surface area (Å²) in [5.41, 5.74) is 0.781. The summed E-state index contributed by atoms with van der Waals surface area (Å²) < 4.78 is 5.35. The summed E-state index contributed by atoms with van der Waals surface area (Å²) >= 11 is 3.35. The maximum absolute atomic E-state index is 11.6. The highest BCUT2D eigenvalue weighted by atomic mass is 79.9. The van der Waals surface area contributed by atoms with Gasteiger partial charge in [0.05, 0.1) is 7.11 Å². The lowest BCUT2D eigenvalue weighted by Gasteiger charge is -2.21. The molecule has 0 aliphatic rings. The molecule has 0 heterocycles. The molecule has 0 atom stereocenters. The fraction of sp³-hybridized carbons (Fsp3) is 0.333. The Morgan fingerprint density at radius 1 is 1.44 bits per heavy atom. The third-order valence-electron chi connectivity index (χ3n) is 2.29. The Balaban J connectivity index is 2.66. The Morgan fingerprint density at radius 3 is 2.72 bits per heavy atom. The van der Waals surface area contributed by atoms with Gasteiger partial charge in [-0.1, -0.05) is 22.0 Å². The van der Waals surface area contributed by atoms with Crippen LogP contribution in [0.3, 0.4) is 0 Å². The van der Waals surface area contributed by atoms with Crippen molar-refractivity contribution in [2.45, 2.75) is 6.92 Å². The molecule has 5 nitrogen and oxygen atoms in total. The maximum atomic E-state index is 11.6. The number of anilines is 1. The molecule has 0 saturated carbocycles. The van der Waals surface area contributed by atoms with Gasteiger partial charge in [0.15, 0.2) is 0 Å². The van der Waals surface area contributed by atoms with E-state index in [9.17, 15) is 9.59 Å². The predicted octanol–water partition coefficient (Wildman–Crippen LogP) is 2.16. The van der Waals surface area contributed by atoms with Crippen molar-refractivity contribution in [2.24, 2.45) is 0 Å². The van der Waals surface area contributed by atoms with Gasteiger partial charge < -0.3 is 15.0 Å². The molecule has 0 saturated heterocycles. The van der Waals surface area contributed by atoms with Crippen LogP contribution in [0, 0.1) is 0 Å². The van der Waals surface area contributed by atoms with E-state index in [1.165, 1.54) is 14.0 Å². The van der Waals surface area contributed by atoms with Gasteiger partial charge in [-0.3, -0.25) is 4.79 Å². The number of halogens is 1. The van der Waals surface area contributed by atoms with E-state index in [-0.39, 0.29) is 5.91 Å². The SMILES string of the molecule is COC(=O)NCCN(C(C)=O)c1cccc(Br)c1. The summed E-state index contributed by atoms with van der Waals surface area (Å²) in [6, 6.07) is 7.42. The second-order valence-corrected chi connectivity index (χ2v) is 4.48. The number of benzene rings is 1. The summed E-state index contributed by atoms with van der Waals surface area (Å²) in [5.74, 6) is -0.0836. The number of carbonyl (C=O) groups excluding carboxylic acids is 2. The third-order valence-corrected chi connectivity index (χ3v) is 2.78. The van der Waals surface area contributed by atoms with Gasteiger partial charge in [-0.2, -0.15) is 0 Å². The van der Waals surface area contributed by atoms with Crippen molar-refractivity contribution in [1.82, 2.24) is 5.32 Å². The fourth-order valence-corrected chi connectivity index (χ4v) is 1.84. The maximum Gasteiger partial charge on any atom is 0.406 e. The molecule has 0 spiro atoms. The Kier molecular flexibility index (Phi) is 5.64. The van der Waals surface area contributed by atoms with Crippen LogP contribution in [0.25, 0.3) is 0 Å². The summed E-state index contributed by atoms with van der Waals surface area (Å²) in [6.45, 7) is 2.21. The third kappa shape index (κ3) is 4.37. The average Bonchev–Trinajstić information content (AvgIpc) is 2.33. The standard InChI is InChI=1S/C12H15BrN2O3/c1-9(16)15(7-6-14-12(17)18-2)11-5-3-4-10(13)8-11/h3-5,8H,6-7H2,1-2H3,(H,14,17). The minimum absolute atomic E-state index is 0.0836. The zero-order valence-electron chi connectivity index (χ0n) is 10.3. The minimum atomic E-state index is -0.507. The van der Waals surface area contributed by atoms with Gasteiger partial charge in [-0.25, -0.2) is 4.79 Å². The number of nitrogens with zero attached hydrogens (tertiary/aromatic N) is 1. The molecule has 0 aliphatic carbocycles. The van der Waals surface area contributed by atoms with Crippen LogP contribution in [0.15, 0.2) is 28.7 Å². The molecule has 1 aromatic rings. The normalized spacial score (nSPS) is 9.72. The molecule has 0 aliphatic heterocycles. The second kappa shape index (κ2) is 7.00. The van der Waals surface area contributed by atoms with Crippen molar-refractivity contribution in [3.05, 3.63) is 28.7 Å². The highest BCUT2D eigenvalue weighted by molar-refractivity contribution is 9.10. The van der Waals surface area contributed by atoms with E-state index >= 15 is 0 Å². The monoisotopic (exact) mass is 314 g/mol. The number of nitrogens with one attached hydrogen (secondary N) is 1. The van der Waals surface area contributed by atoms with E-state index in [1.807, 2.05) is 24.3 Å². The summed E-state index contributed by atoms with van der Waals surface area (Å²) in [5, 5.41) is 2.54. The first-order valence-corrected chi connectivity index (χ1v) is 6.19. The lowest BCUT2D eigenvalue weighted by Crippen LogP contribution is -2.37. The number of amides is 2. The van der Waals surface area contributed by atoms with E-state index < -0.39 is 6.09 Å². The fourth-order valence-electron chi connectivity index (χ4n) is 1.45. The molecule has 0 bridgehead atoms. The van der Waals surface area contributed by atoms with Crippen molar-refractivity contribution in [1.29, 1.82) is 0 Å². The van der Waals surface area contributed by atoms with Gasteiger partial charge in [0.1, 0.15) is 0 Å². The molecule has 1 N–H and O–H groups in total. The van der Waals surface area contributed by atoms with Crippen molar-refractivity contribution in [3.8, 4) is 0 Å². The van der Waals surface area contributed by atoms with Crippen LogP contribution in [-0.4, -0.2) is 32.2 Å². The van der Waals surface area contributed by atoms with E-state index in [4.69, 9.17) is 0 Å². The molecule has 0 aromatic heterocycles. The van der Waals surface area contributed by atoms with E-state index in [0.29, 0.717) is 13.1 Å². The van der Waals surface area contributed by atoms with Crippen molar-refractivity contribution in [2.75, 3.05) is 25.1 Å². The summed E-state index contributed by atoms with van der Waals surface area (Å²) in [7, 11) is 1.30. The number of rotatable bonds is 4. The average molecular weight is 315 g/mol. The minimum Gasteiger partial charge on any atom is -0.453 e. The van der Waals surface area contributed by atoms with Crippen LogP contribution < -0.4 is 10.2 Å². The first kappa shape index (κ1) is 14.5. The smallest absolute Gasteiger partial charge is 0.406 e. The molecule has 0 fully saturated rings. The Labute approximate surface area is 114 Å². The van der Waals surface area contributed by atoms with Crippen molar-refractivity contribution in [3.63, 3.8) is 0 Å². The quantitative estimate of drug-likeness (QED) is 0.926. The van der Waals surface area contributed by atoms with Crippen LogP contribution in [0.1, 0.15) is 6.92 Å². The summed E-state index contributed by atoms with van der Waals surface area (Å²) in [6.07, 6.45) is -0.507. The molecule has 1 aromatic carbocycles. The van der Waals surface area contributed by atoms with Gasteiger partial charge in [0.2, 0.25) is 5.91 Å². The highest BCUT2D eigenvalue weighted by Crippen LogP contribution is 2.19. The van der Waals surface area contributed by atoms with Crippen molar-refractivity contribution >= 4 is 33.6 Å². The number of carbonyl (C=O) groups is 2. The Hall–Kier alpha value is -1.56. The highest BCUT2D eigenvalue weighted by Gasteiger charge is 2.11. The number of hydrogen-bond acceptors (Lipinski definition) is 3. The molecule has 2 amide bonds. The van der Waals surface area contributed by atoms with Crippen LogP contribution in [-0.2, 0) is 9.53 Å². The Morgan fingerprint density at radius 2 is 2.17 bits per heavy atom. The molecule has 1 rings (SSSR count). The van der Waals surface area contributed by atoms with E-state index in [2.05, 4.69) is 26.0 Å². The number of methoxy groups -OCH3 is 1. The van der Waals surface area contributed by atoms with Crippen LogP contribution in [0.4, 0.5) is 10.5 Å². The molecular formula is C12H15BrN2O3. The zero-order valence-corrected chi connectivity index (χ0v) is 11.9. The lowest BCUT2D eigenvalue weighted by atomic mass is 10.3. The number of alkyl carbamates (subject to hydrolysis) is 1. The molecule has 0 unspecified atom stereocenters. The van der Waals surface area contributed by atoms with Gasteiger partial charge in [-0.05, 0) is 18.2 Å². The molecular weight excluding hydrogens is 300 g/mol. The van der Waals surface area contributed by atoms with Crippen molar-refractivity contribution < 1.29 is 14.3 Å². The van der Waals surface area contributed by atoms with Gasteiger partial charge in [0, 0.05) is 30.2 Å². The topological polar surface area (TPSA) is 58.6 Å². The van der Waals surface area contributed by atoms with Gasteiger partial charge >= 0.3 is 6.09 Å². The van der Waals surface area contributed by atoms with Crippen LogP contribution in [0.2, 0.25) is 0 Å². The number of hydrogen-bond donors (Lipinski definition) is 1. The van der Waals surface area contributed by atoms with Crippen LogP contribution in [0.5, 0.6) is 0 Å². The van der Waals surface area contributed by atoms with E-state index in [1.54, 1.807) is 4.90 Å². The largest absolute Gasteiger partial charge is 0.453 e. The lowest BCUT2D eigenvalue weighted by molar-refractivity contribution is -0.116. The zero-order chi connectivity index (χ0) is 13.5. The van der Waals surface area contributed by atoms with Crippen LogP contribution >= 0.6 is 15.9 Å². The summed E-state index contributed by atoms with van der Waals surface area (Å²) in [4.78, 5) is 24.1. The number of ether oxygens (including phenoxy) is 1. The molecule has 18 heavy (non-hydrogen) atoms. The van der Waals surface area contributed by atoms with E-state index in [0.717, 1.165) is 10.2 Å². The predicted molar refractivity (Wildman–Crippen MR) is 72.6 cm³/mol. The van der Waals surface area contributed by atoms with Gasteiger partial charge in [0.25, 0.3) is 0 Å². The first-order valence-electron chi connectivity index (χ1n) is 5.40. The molecule has 98 valence electrons. The molecule has 0 radical (unpaired) electrons. The second-order valence-electron chi connectivity index (χ2n) is 3.57.